The summed E-state index contributed by atoms with van der Waals surface area (Å²) < 4.78 is 5.24. The molecular weight excluding hydrogens is 965 g/mol. The molecule has 80 heavy (non-hydrogen) atoms. The quantitative estimate of drug-likeness (QED) is 0.143. The van der Waals surface area contributed by atoms with Gasteiger partial charge in [0.25, 0.3) is 0 Å². The van der Waals surface area contributed by atoms with Gasteiger partial charge in [0.1, 0.15) is 0 Å². The van der Waals surface area contributed by atoms with E-state index in [9.17, 15) is 0 Å². The van der Waals surface area contributed by atoms with E-state index >= 15 is 0 Å². The number of hydrogen-bond acceptors (Lipinski definition) is 0. The smallest absolute Gasteiger partial charge is 0.0634 e. The van der Waals surface area contributed by atoms with Gasteiger partial charge in [-0.2, -0.15) is 0 Å². The first-order valence-electron chi connectivity index (χ1n) is 27.7. The summed E-state index contributed by atoms with van der Waals surface area (Å²) in [5.41, 5.74) is 26.6. The van der Waals surface area contributed by atoms with Crippen LogP contribution in [0.25, 0.3) is 165 Å². The number of benzene rings is 13. The molecule has 0 N–H and O–H groups in total. The third kappa shape index (κ3) is 6.54. The summed E-state index contributed by atoms with van der Waals surface area (Å²) in [6.45, 7) is 0. The Morgan fingerprint density at radius 3 is 0.787 bits per heavy atom. The van der Waals surface area contributed by atoms with Crippen molar-refractivity contribution in [1.29, 1.82) is 0 Å². The molecule has 0 radical (unpaired) electrons. The first kappa shape index (κ1) is 44.6. The number of nitrogens with zero attached hydrogens (tertiary/aromatic N) is 2. The highest BCUT2D eigenvalue weighted by Gasteiger charge is 2.30. The standard InChI is InChI=1S/C78H48N2/c1-7-21-49(22-8-1)55-39-43-67-65(45-55)75-73-63-41-37-58(72-61(53-29-15-5-16-30-53)35-20-36-62(72)54-31-17-6-18-32-54)48-70(63)80-68-44-40-56(50-23-9-2-10-24-50)46-66(68)76(78(73)80)74-64-42-38-57(47-69(64)79(67)77(74)75)71-59(51-25-11-3-12-26-51)33-19-34-60(71)52-27-13-4-14-28-52/h1-48H. The first-order chi connectivity index (χ1) is 39.7. The molecule has 17 rings (SSSR count). The van der Waals surface area contributed by atoms with Gasteiger partial charge in [-0.3, -0.25) is 0 Å². The average molecular weight is 1010 g/mol. The van der Waals surface area contributed by atoms with Crippen LogP contribution in [-0.2, 0) is 0 Å². The molecule has 2 nitrogen and oxygen atoms in total. The second-order valence-corrected chi connectivity index (χ2v) is 21.4. The van der Waals surface area contributed by atoms with E-state index < -0.39 is 0 Å². The van der Waals surface area contributed by atoms with Gasteiger partial charge in [-0.15, -0.1) is 0 Å². The van der Waals surface area contributed by atoms with E-state index in [1.165, 1.54) is 165 Å². The molecule has 0 aliphatic rings. The summed E-state index contributed by atoms with van der Waals surface area (Å²) in [5, 5.41) is 10.2. The molecule has 0 spiro atoms. The fraction of sp³-hybridized carbons (Fsp3) is 0. The van der Waals surface area contributed by atoms with Crippen LogP contribution in [0.1, 0.15) is 0 Å². The molecule has 0 saturated carbocycles. The second-order valence-electron chi connectivity index (χ2n) is 21.4. The van der Waals surface area contributed by atoms with Gasteiger partial charge in [0.05, 0.1) is 33.1 Å². The molecule has 0 aliphatic carbocycles. The van der Waals surface area contributed by atoms with E-state index in [0.29, 0.717) is 0 Å². The molecule has 0 fully saturated rings. The van der Waals surface area contributed by atoms with Gasteiger partial charge >= 0.3 is 0 Å². The molecule has 4 heterocycles. The molecule has 0 aliphatic heterocycles. The highest BCUT2D eigenvalue weighted by molar-refractivity contribution is 6.45. The van der Waals surface area contributed by atoms with Gasteiger partial charge in [0.2, 0.25) is 0 Å². The Bertz CT molecular complexity index is 4780. The number of aromatic nitrogens is 2. The van der Waals surface area contributed by atoms with Crippen molar-refractivity contribution in [3.8, 4) is 89.0 Å². The molecule has 370 valence electrons. The van der Waals surface area contributed by atoms with Gasteiger partial charge < -0.3 is 8.80 Å². The number of fused-ring (bicyclic) bond motifs is 14. The molecule has 17 aromatic rings. The Balaban J connectivity index is 1.04. The topological polar surface area (TPSA) is 8.82 Å². The Labute approximate surface area is 462 Å². The third-order valence-electron chi connectivity index (χ3n) is 17.2. The lowest BCUT2D eigenvalue weighted by atomic mass is 9.87. The van der Waals surface area contributed by atoms with Crippen LogP contribution in [0, 0.1) is 0 Å². The normalized spacial score (nSPS) is 12.0. The lowest BCUT2D eigenvalue weighted by Gasteiger charge is -2.17. The van der Waals surface area contributed by atoms with Crippen molar-refractivity contribution in [1.82, 2.24) is 8.80 Å². The molecule has 0 atom stereocenters. The minimum atomic E-state index is 1.19. The summed E-state index contributed by atoms with van der Waals surface area (Å²) in [6.07, 6.45) is 0. The fourth-order valence-corrected chi connectivity index (χ4v) is 13.8. The summed E-state index contributed by atoms with van der Waals surface area (Å²) in [6, 6.07) is 108. The number of hydrogen-bond donors (Lipinski definition) is 0. The molecular formula is C78H48N2. The largest absolute Gasteiger partial charge is 0.308 e. The highest BCUT2D eigenvalue weighted by Crippen LogP contribution is 2.54. The molecule has 13 aromatic carbocycles. The van der Waals surface area contributed by atoms with Crippen molar-refractivity contribution in [2.24, 2.45) is 0 Å². The van der Waals surface area contributed by atoms with Crippen molar-refractivity contribution >= 4 is 76.2 Å². The Kier molecular flexibility index (Phi) is 9.75. The first-order valence-corrected chi connectivity index (χ1v) is 27.7. The van der Waals surface area contributed by atoms with E-state index in [1.54, 1.807) is 0 Å². The lowest BCUT2D eigenvalue weighted by molar-refractivity contribution is 1.37. The van der Waals surface area contributed by atoms with Crippen LogP contribution < -0.4 is 0 Å². The van der Waals surface area contributed by atoms with E-state index in [-0.39, 0.29) is 0 Å². The van der Waals surface area contributed by atoms with Crippen molar-refractivity contribution in [3.05, 3.63) is 291 Å². The van der Waals surface area contributed by atoms with Crippen molar-refractivity contribution in [3.63, 3.8) is 0 Å². The minimum Gasteiger partial charge on any atom is -0.308 e. The van der Waals surface area contributed by atoms with Gasteiger partial charge in [0, 0.05) is 43.1 Å². The van der Waals surface area contributed by atoms with Crippen molar-refractivity contribution in [2.75, 3.05) is 0 Å². The monoisotopic (exact) mass is 1010 g/mol. The summed E-state index contributed by atoms with van der Waals surface area (Å²) in [7, 11) is 0. The summed E-state index contributed by atoms with van der Waals surface area (Å²) >= 11 is 0. The van der Waals surface area contributed by atoms with Crippen LogP contribution in [-0.4, -0.2) is 8.80 Å². The van der Waals surface area contributed by atoms with E-state index in [1.807, 2.05) is 0 Å². The molecule has 2 heteroatoms. The van der Waals surface area contributed by atoms with Gasteiger partial charge in [-0.25, -0.2) is 0 Å². The Morgan fingerprint density at radius 2 is 0.463 bits per heavy atom. The van der Waals surface area contributed by atoms with Crippen LogP contribution >= 0.6 is 0 Å². The Hall–Kier alpha value is -10.5. The summed E-state index contributed by atoms with van der Waals surface area (Å²) in [5.74, 6) is 0. The Morgan fingerprint density at radius 1 is 0.175 bits per heavy atom. The summed E-state index contributed by atoms with van der Waals surface area (Å²) in [4.78, 5) is 0. The predicted octanol–water partition coefficient (Wildman–Crippen LogP) is 21.3. The van der Waals surface area contributed by atoms with Crippen LogP contribution in [0.2, 0.25) is 0 Å². The van der Waals surface area contributed by atoms with E-state index in [2.05, 4.69) is 300 Å². The van der Waals surface area contributed by atoms with E-state index in [0.717, 1.165) is 0 Å². The minimum absolute atomic E-state index is 1.19. The lowest BCUT2D eigenvalue weighted by Crippen LogP contribution is -1.91. The van der Waals surface area contributed by atoms with E-state index in [4.69, 9.17) is 0 Å². The van der Waals surface area contributed by atoms with Crippen molar-refractivity contribution in [2.45, 2.75) is 0 Å². The van der Waals surface area contributed by atoms with Crippen LogP contribution in [0.5, 0.6) is 0 Å². The highest BCUT2D eigenvalue weighted by atomic mass is 14.9. The second kappa shape index (κ2) is 17.5. The third-order valence-corrected chi connectivity index (χ3v) is 17.2. The molecule has 0 bridgehead atoms. The maximum Gasteiger partial charge on any atom is 0.0634 e. The maximum absolute atomic E-state index is 2.62. The zero-order chi connectivity index (χ0) is 52.4. The van der Waals surface area contributed by atoms with Crippen LogP contribution in [0.3, 0.4) is 0 Å². The SMILES string of the molecule is c1ccc(-c2ccc3c(c2)c2c4c5ccc(-c6c(-c7ccccc7)cccc6-c6ccccc6)cc5n5c6ccc(-c7ccccc7)cc6c(c6c7ccc(-c8c(-c9ccccc9)cccc8-c8ccccc8)cc7n3c26)c45)cc1. The zero-order valence-electron chi connectivity index (χ0n) is 43.6. The van der Waals surface area contributed by atoms with Crippen LogP contribution in [0.4, 0.5) is 0 Å². The molecule has 0 amide bonds. The maximum atomic E-state index is 2.62. The van der Waals surface area contributed by atoms with Gasteiger partial charge in [0.15, 0.2) is 0 Å². The van der Waals surface area contributed by atoms with Gasteiger partial charge in [-0.05, 0) is 125 Å². The van der Waals surface area contributed by atoms with Crippen molar-refractivity contribution < 1.29 is 0 Å². The number of rotatable bonds is 8. The molecule has 0 saturated heterocycles. The fourth-order valence-electron chi connectivity index (χ4n) is 13.8. The average Bonchev–Trinajstić information content (AvgIpc) is 4.06. The zero-order valence-corrected chi connectivity index (χ0v) is 43.6. The molecule has 4 aromatic heterocycles. The predicted molar refractivity (Wildman–Crippen MR) is 339 cm³/mol. The van der Waals surface area contributed by atoms with Crippen LogP contribution in [0.15, 0.2) is 291 Å². The van der Waals surface area contributed by atoms with Gasteiger partial charge in [-0.1, -0.05) is 255 Å². The molecule has 0 unspecified atom stereocenters.